The lowest BCUT2D eigenvalue weighted by atomic mass is 10.2. The summed E-state index contributed by atoms with van der Waals surface area (Å²) in [4.78, 5) is 16.0. The van der Waals surface area contributed by atoms with E-state index in [1.54, 1.807) is 18.2 Å². The van der Waals surface area contributed by atoms with Crippen molar-refractivity contribution in [3.8, 4) is 0 Å². The Balaban J connectivity index is 1.84. The van der Waals surface area contributed by atoms with Crippen molar-refractivity contribution >= 4 is 22.7 Å². The molecule has 1 amide bonds. The number of hydrogen-bond acceptors (Lipinski definition) is 3. The predicted octanol–water partition coefficient (Wildman–Crippen LogP) is 3.22. The Bertz CT molecular complexity index is 735. The molecule has 0 unspecified atom stereocenters. The molecule has 0 bridgehead atoms. The second kappa shape index (κ2) is 4.53. The Kier molecular flexibility index (Phi) is 2.72. The molecule has 3 aromatic rings. The zero-order valence-electron chi connectivity index (χ0n) is 9.76. The quantitative estimate of drug-likeness (QED) is 0.765. The number of rotatable bonds is 2. The van der Waals surface area contributed by atoms with Crippen molar-refractivity contribution in [2.75, 3.05) is 5.32 Å². The largest absolute Gasteiger partial charge is 0.443 e. The summed E-state index contributed by atoms with van der Waals surface area (Å²) in [5.74, 6) is -0.633. The number of nitrogens with one attached hydrogen (secondary N) is 1. The van der Waals surface area contributed by atoms with E-state index in [0.29, 0.717) is 22.4 Å². The third-order valence-corrected chi connectivity index (χ3v) is 2.70. The maximum Gasteiger partial charge on any atom is 0.255 e. The number of oxazole rings is 1. The molecule has 2 aromatic carbocycles. The Morgan fingerprint density at radius 3 is 2.74 bits per heavy atom. The average Bonchev–Trinajstić information content (AvgIpc) is 2.88. The maximum atomic E-state index is 12.8. The summed E-state index contributed by atoms with van der Waals surface area (Å²) in [5.41, 5.74) is 2.22. The van der Waals surface area contributed by atoms with Crippen LogP contribution in [0, 0.1) is 5.82 Å². The zero-order valence-corrected chi connectivity index (χ0v) is 9.76. The van der Waals surface area contributed by atoms with Gasteiger partial charge in [0.25, 0.3) is 5.91 Å². The normalized spacial score (nSPS) is 10.6. The fourth-order valence-corrected chi connectivity index (χ4v) is 1.73. The highest BCUT2D eigenvalue weighted by molar-refractivity contribution is 6.05. The number of aromatic nitrogens is 1. The Morgan fingerprint density at radius 1 is 1.16 bits per heavy atom. The number of fused-ring (bicyclic) bond motifs is 1. The molecular weight excluding hydrogens is 247 g/mol. The van der Waals surface area contributed by atoms with E-state index >= 15 is 0 Å². The molecule has 0 spiro atoms. The van der Waals surface area contributed by atoms with Gasteiger partial charge < -0.3 is 9.73 Å². The van der Waals surface area contributed by atoms with Crippen LogP contribution in [-0.4, -0.2) is 10.9 Å². The Hall–Kier alpha value is -2.69. The number of amides is 1. The minimum atomic E-state index is -0.346. The summed E-state index contributed by atoms with van der Waals surface area (Å²) in [7, 11) is 0. The molecule has 0 atom stereocenters. The molecule has 3 rings (SSSR count). The predicted molar refractivity (Wildman–Crippen MR) is 68.4 cm³/mol. The van der Waals surface area contributed by atoms with E-state index < -0.39 is 0 Å². The number of carbonyl (C=O) groups excluding carboxylic acids is 1. The fourth-order valence-electron chi connectivity index (χ4n) is 1.73. The van der Waals surface area contributed by atoms with Crippen molar-refractivity contribution in [3.05, 3.63) is 60.2 Å². The van der Waals surface area contributed by atoms with E-state index in [2.05, 4.69) is 10.3 Å². The molecule has 1 aromatic heterocycles. The van der Waals surface area contributed by atoms with Crippen LogP contribution < -0.4 is 5.32 Å². The first-order chi connectivity index (χ1) is 9.22. The van der Waals surface area contributed by atoms with Gasteiger partial charge in [0, 0.05) is 11.3 Å². The lowest BCUT2D eigenvalue weighted by molar-refractivity contribution is 0.102. The monoisotopic (exact) mass is 256 g/mol. The van der Waals surface area contributed by atoms with E-state index in [-0.39, 0.29) is 11.7 Å². The lowest BCUT2D eigenvalue weighted by Gasteiger charge is -2.04. The minimum Gasteiger partial charge on any atom is -0.443 e. The zero-order chi connectivity index (χ0) is 13.2. The summed E-state index contributed by atoms with van der Waals surface area (Å²) in [6.07, 6.45) is 1.33. The van der Waals surface area contributed by atoms with Gasteiger partial charge in [-0.3, -0.25) is 4.79 Å². The van der Waals surface area contributed by atoms with Crippen LogP contribution in [0.4, 0.5) is 10.1 Å². The number of hydrogen-bond donors (Lipinski definition) is 1. The summed E-state index contributed by atoms with van der Waals surface area (Å²) >= 11 is 0. The highest BCUT2D eigenvalue weighted by Gasteiger charge is 2.08. The standard InChI is InChI=1S/C14H9FN2O2/c15-10-2-4-11(5-3-10)17-14(18)9-1-6-12-13(7-9)19-8-16-12/h1-8H,(H,17,18). The average molecular weight is 256 g/mol. The molecule has 0 fully saturated rings. The van der Waals surface area contributed by atoms with Crippen LogP contribution in [0.15, 0.2) is 53.3 Å². The molecule has 1 N–H and O–H groups in total. The first kappa shape index (κ1) is 11.4. The third-order valence-electron chi connectivity index (χ3n) is 2.70. The van der Waals surface area contributed by atoms with Crippen molar-refractivity contribution in [3.63, 3.8) is 0 Å². The van der Waals surface area contributed by atoms with Gasteiger partial charge >= 0.3 is 0 Å². The van der Waals surface area contributed by atoms with E-state index in [1.807, 2.05) is 0 Å². The molecule has 0 saturated carbocycles. The van der Waals surface area contributed by atoms with E-state index in [0.717, 1.165) is 0 Å². The first-order valence-electron chi connectivity index (χ1n) is 5.62. The highest BCUT2D eigenvalue weighted by Crippen LogP contribution is 2.16. The molecule has 0 aliphatic heterocycles. The van der Waals surface area contributed by atoms with Crippen LogP contribution in [0.5, 0.6) is 0 Å². The smallest absolute Gasteiger partial charge is 0.255 e. The summed E-state index contributed by atoms with van der Waals surface area (Å²) < 4.78 is 17.9. The minimum absolute atomic E-state index is 0.287. The van der Waals surface area contributed by atoms with Crippen molar-refractivity contribution in [2.24, 2.45) is 0 Å². The molecule has 19 heavy (non-hydrogen) atoms. The highest BCUT2D eigenvalue weighted by atomic mass is 19.1. The number of nitrogens with zero attached hydrogens (tertiary/aromatic N) is 1. The van der Waals surface area contributed by atoms with Crippen molar-refractivity contribution < 1.29 is 13.6 Å². The number of anilines is 1. The van der Waals surface area contributed by atoms with Gasteiger partial charge in [-0.15, -0.1) is 0 Å². The van der Waals surface area contributed by atoms with Gasteiger partial charge in [0.1, 0.15) is 11.3 Å². The molecule has 5 heteroatoms. The van der Waals surface area contributed by atoms with Crippen LogP contribution in [0.2, 0.25) is 0 Å². The number of halogens is 1. The Labute approximate surface area is 107 Å². The van der Waals surface area contributed by atoms with Gasteiger partial charge in [-0.25, -0.2) is 9.37 Å². The summed E-state index contributed by atoms with van der Waals surface area (Å²) in [5, 5.41) is 2.67. The molecule has 4 nitrogen and oxygen atoms in total. The van der Waals surface area contributed by atoms with Crippen LogP contribution in [-0.2, 0) is 0 Å². The molecule has 0 aliphatic carbocycles. The van der Waals surface area contributed by atoms with Gasteiger partial charge in [0.15, 0.2) is 12.0 Å². The second-order valence-electron chi connectivity index (χ2n) is 4.00. The number of benzene rings is 2. The van der Waals surface area contributed by atoms with Crippen molar-refractivity contribution in [2.45, 2.75) is 0 Å². The van der Waals surface area contributed by atoms with E-state index in [9.17, 15) is 9.18 Å². The lowest BCUT2D eigenvalue weighted by Crippen LogP contribution is -2.11. The van der Waals surface area contributed by atoms with Gasteiger partial charge in [0.05, 0.1) is 0 Å². The van der Waals surface area contributed by atoms with Gasteiger partial charge in [-0.05, 0) is 42.5 Å². The van der Waals surface area contributed by atoms with Gasteiger partial charge in [-0.2, -0.15) is 0 Å². The first-order valence-corrected chi connectivity index (χ1v) is 5.62. The van der Waals surface area contributed by atoms with Crippen LogP contribution in [0.25, 0.3) is 11.1 Å². The molecule has 0 aliphatic rings. The maximum absolute atomic E-state index is 12.8. The van der Waals surface area contributed by atoms with Crippen molar-refractivity contribution in [1.82, 2.24) is 4.98 Å². The van der Waals surface area contributed by atoms with E-state index in [1.165, 1.54) is 30.7 Å². The Morgan fingerprint density at radius 2 is 1.95 bits per heavy atom. The van der Waals surface area contributed by atoms with Crippen LogP contribution in [0.1, 0.15) is 10.4 Å². The van der Waals surface area contributed by atoms with E-state index in [4.69, 9.17) is 4.42 Å². The molecule has 0 saturated heterocycles. The number of carbonyl (C=O) groups is 1. The van der Waals surface area contributed by atoms with Gasteiger partial charge in [0.2, 0.25) is 0 Å². The van der Waals surface area contributed by atoms with Crippen molar-refractivity contribution in [1.29, 1.82) is 0 Å². The van der Waals surface area contributed by atoms with Crippen LogP contribution >= 0.6 is 0 Å². The molecule has 94 valence electrons. The van der Waals surface area contributed by atoms with Gasteiger partial charge in [-0.1, -0.05) is 0 Å². The molecule has 1 heterocycles. The SMILES string of the molecule is O=C(Nc1ccc(F)cc1)c1ccc2ncoc2c1. The second-order valence-corrected chi connectivity index (χ2v) is 4.00. The summed E-state index contributed by atoms with van der Waals surface area (Å²) in [6, 6.07) is 10.5. The fraction of sp³-hybridized carbons (Fsp3) is 0. The third kappa shape index (κ3) is 2.30. The summed E-state index contributed by atoms with van der Waals surface area (Å²) in [6.45, 7) is 0. The molecule has 0 radical (unpaired) electrons. The topological polar surface area (TPSA) is 55.1 Å². The molecular formula is C14H9FN2O2. The van der Waals surface area contributed by atoms with Crippen LogP contribution in [0.3, 0.4) is 0 Å².